The third kappa shape index (κ3) is 2.25. The lowest BCUT2D eigenvalue weighted by Gasteiger charge is -2.29. The Morgan fingerprint density at radius 3 is 3.00 bits per heavy atom. The Labute approximate surface area is 110 Å². The van der Waals surface area contributed by atoms with Crippen LogP contribution in [0.3, 0.4) is 0 Å². The van der Waals surface area contributed by atoms with E-state index in [-0.39, 0.29) is 12.0 Å². The molecular formula is C13H16N4O2. The van der Waals surface area contributed by atoms with Crippen LogP contribution in [0.15, 0.2) is 24.4 Å². The van der Waals surface area contributed by atoms with E-state index in [4.69, 9.17) is 10.5 Å². The van der Waals surface area contributed by atoms with Crippen LogP contribution in [-0.2, 0) is 4.74 Å². The van der Waals surface area contributed by atoms with Crippen molar-refractivity contribution in [3.8, 4) is 0 Å². The van der Waals surface area contributed by atoms with E-state index in [2.05, 4.69) is 10.2 Å². The molecule has 0 bridgehead atoms. The fraction of sp³-hybridized carbons (Fsp3) is 0.462. The Morgan fingerprint density at radius 1 is 1.32 bits per heavy atom. The van der Waals surface area contributed by atoms with Gasteiger partial charge in [-0.1, -0.05) is 12.5 Å². The van der Waals surface area contributed by atoms with Crippen molar-refractivity contribution < 1.29 is 9.53 Å². The molecule has 0 aromatic carbocycles. The number of carbonyl (C=O) groups is 1. The Kier molecular flexibility index (Phi) is 3.06. The predicted molar refractivity (Wildman–Crippen MR) is 68.7 cm³/mol. The van der Waals surface area contributed by atoms with E-state index >= 15 is 0 Å². The lowest BCUT2D eigenvalue weighted by Crippen LogP contribution is -2.31. The number of amides is 1. The highest BCUT2D eigenvalue weighted by atomic mass is 16.6. The summed E-state index contributed by atoms with van der Waals surface area (Å²) < 4.78 is 7.19. The van der Waals surface area contributed by atoms with Crippen molar-refractivity contribution >= 4 is 11.7 Å². The summed E-state index contributed by atoms with van der Waals surface area (Å²) in [5.74, 6) is 0.917. The number of ether oxygens (including phenoxy) is 1. The Balaban J connectivity index is 1.95. The highest BCUT2D eigenvalue weighted by Gasteiger charge is 2.32. The number of nitrogens with two attached hydrogens (primary N) is 1. The molecule has 2 heterocycles. The van der Waals surface area contributed by atoms with Crippen LogP contribution in [0.2, 0.25) is 0 Å². The minimum Gasteiger partial charge on any atom is -0.446 e. The summed E-state index contributed by atoms with van der Waals surface area (Å²) in [6.07, 6.45) is 4.93. The lowest BCUT2D eigenvalue weighted by atomic mass is 9.86. The van der Waals surface area contributed by atoms with Gasteiger partial charge in [0, 0.05) is 6.20 Å². The number of aromatic nitrogens is 3. The molecule has 100 valence electrons. The number of pyridine rings is 1. The Hall–Kier alpha value is -2.11. The van der Waals surface area contributed by atoms with E-state index in [9.17, 15) is 4.79 Å². The smallest absolute Gasteiger partial charge is 0.404 e. The third-order valence-corrected chi connectivity index (χ3v) is 3.64. The standard InChI is InChI=1S/C13H16N4O2/c14-13(18)19-10-6-2-1-5-9(10)12-16-15-11-7-3-4-8-17(11)12/h3-4,7-10H,1-2,5-6H2,(H2,14,18)/t9-,10+/m0/s1. The number of fused-ring (bicyclic) bond motifs is 1. The molecule has 2 aromatic heterocycles. The second kappa shape index (κ2) is 4.87. The first-order valence-electron chi connectivity index (χ1n) is 6.51. The summed E-state index contributed by atoms with van der Waals surface area (Å²) >= 11 is 0. The zero-order chi connectivity index (χ0) is 13.2. The van der Waals surface area contributed by atoms with Gasteiger partial charge in [0.05, 0.1) is 5.92 Å². The molecule has 6 nitrogen and oxygen atoms in total. The molecule has 19 heavy (non-hydrogen) atoms. The van der Waals surface area contributed by atoms with Crippen LogP contribution in [0.5, 0.6) is 0 Å². The van der Waals surface area contributed by atoms with Gasteiger partial charge in [-0.15, -0.1) is 10.2 Å². The second-order valence-corrected chi connectivity index (χ2v) is 4.85. The van der Waals surface area contributed by atoms with Crippen LogP contribution in [0, 0.1) is 0 Å². The van der Waals surface area contributed by atoms with Crippen LogP contribution in [0.1, 0.15) is 37.4 Å². The van der Waals surface area contributed by atoms with E-state index in [0.717, 1.165) is 37.2 Å². The van der Waals surface area contributed by atoms with Gasteiger partial charge in [0.1, 0.15) is 11.9 Å². The molecule has 1 saturated carbocycles. The van der Waals surface area contributed by atoms with Gasteiger partial charge >= 0.3 is 6.09 Å². The molecule has 2 N–H and O–H groups in total. The van der Waals surface area contributed by atoms with E-state index < -0.39 is 6.09 Å². The van der Waals surface area contributed by atoms with Crippen molar-refractivity contribution in [2.45, 2.75) is 37.7 Å². The van der Waals surface area contributed by atoms with Crippen LogP contribution in [0.25, 0.3) is 5.65 Å². The van der Waals surface area contributed by atoms with Crippen LogP contribution >= 0.6 is 0 Å². The molecule has 1 fully saturated rings. The molecule has 0 saturated heterocycles. The molecule has 1 aliphatic rings. The van der Waals surface area contributed by atoms with Gasteiger partial charge in [-0.3, -0.25) is 4.40 Å². The summed E-state index contributed by atoms with van der Waals surface area (Å²) in [5, 5.41) is 8.41. The highest BCUT2D eigenvalue weighted by molar-refractivity contribution is 5.64. The lowest BCUT2D eigenvalue weighted by molar-refractivity contribution is 0.0654. The van der Waals surface area contributed by atoms with Crippen LogP contribution < -0.4 is 5.73 Å². The van der Waals surface area contributed by atoms with Crippen molar-refractivity contribution in [2.24, 2.45) is 5.73 Å². The van der Waals surface area contributed by atoms with Gasteiger partial charge in [0.15, 0.2) is 5.65 Å². The normalized spacial score (nSPS) is 23.4. The topological polar surface area (TPSA) is 82.5 Å². The molecule has 2 atom stereocenters. The van der Waals surface area contributed by atoms with Crippen molar-refractivity contribution in [1.82, 2.24) is 14.6 Å². The first-order chi connectivity index (χ1) is 9.25. The summed E-state index contributed by atoms with van der Waals surface area (Å²) in [6, 6.07) is 5.77. The SMILES string of the molecule is NC(=O)O[C@@H]1CCCC[C@@H]1c1nnc2ccccn12. The minimum absolute atomic E-state index is 0.0682. The Morgan fingerprint density at radius 2 is 2.16 bits per heavy atom. The summed E-state index contributed by atoms with van der Waals surface area (Å²) in [6.45, 7) is 0. The quantitative estimate of drug-likeness (QED) is 0.893. The third-order valence-electron chi connectivity index (χ3n) is 3.64. The molecule has 2 aromatic rings. The number of primary amides is 1. The molecule has 0 spiro atoms. The first-order valence-corrected chi connectivity index (χ1v) is 6.51. The maximum absolute atomic E-state index is 11.0. The molecule has 0 aliphatic heterocycles. The molecule has 0 unspecified atom stereocenters. The van der Waals surface area contributed by atoms with Gasteiger partial charge in [-0.25, -0.2) is 4.79 Å². The molecule has 1 aliphatic carbocycles. The van der Waals surface area contributed by atoms with Gasteiger partial charge in [0.2, 0.25) is 0 Å². The monoisotopic (exact) mass is 260 g/mol. The maximum atomic E-state index is 11.0. The van der Waals surface area contributed by atoms with Gasteiger partial charge < -0.3 is 10.5 Å². The number of hydrogen-bond donors (Lipinski definition) is 1. The summed E-state index contributed by atoms with van der Waals surface area (Å²) in [4.78, 5) is 11.0. The molecule has 1 amide bonds. The minimum atomic E-state index is -0.717. The zero-order valence-corrected chi connectivity index (χ0v) is 10.5. The van der Waals surface area contributed by atoms with Crippen LogP contribution in [0.4, 0.5) is 4.79 Å². The van der Waals surface area contributed by atoms with Crippen molar-refractivity contribution in [1.29, 1.82) is 0 Å². The Bertz CT molecular complexity index is 595. The average molecular weight is 260 g/mol. The van der Waals surface area contributed by atoms with Crippen molar-refractivity contribution in [3.05, 3.63) is 30.2 Å². The second-order valence-electron chi connectivity index (χ2n) is 4.85. The number of rotatable bonds is 2. The number of carbonyl (C=O) groups excluding carboxylic acids is 1. The fourth-order valence-corrected chi connectivity index (χ4v) is 2.80. The molecule has 0 radical (unpaired) electrons. The van der Waals surface area contributed by atoms with Crippen molar-refractivity contribution in [3.63, 3.8) is 0 Å². The molecular weight excluding hydrogens is 244 g/mol. The van der Waals surface area contributed by atoms with E-state index in [1.54, 1.807) is 0 Å². The molecule has 3 rings (SSSR count). The number of nitrogens with zero attached hydrogens (tertiary/aromatic N) is 3. The van der Waals surface area contributed by atoms with Gasteiger partial charge in [-0.05, 0) is 31.4 Å². The summed E-state index contributed by atoms with van der Waals surface area (Å²) in [5.41, 5.74) is 5.95. The maximum Gasteiger partial charge on any atom is 0.404 e. The van der Waals surface area contributed by atoms with E-state index in [1.165, 1.54) is 0 Å². The van der Waals surface area contributed by atoms with Crippen molar-refractivity contribution in [2.75, 3.05) is 0 Å². The van der Waals surface area contributed by atoms with E-state index in [1.807, 2.05) is 28.8 Å². The first kappa shape index (κ1) is 12.0. The largest absolute Gasteiger partial charge is 0.446 e. The fourth-order valence-electron chi connectivity index (χ4n) is 2.80. The predicted octanol–water partition coefficient (Wildman–Crippen LogP) is 1.85. The number of hydrogen-bond acceptors (Lipinski definition) is 4. The summed E-state index contributed by atoms with van der Waals surface area (Å²) in [7, 11) is 0. The average Bonchev–Trinajstić information content (AvgIpc) is 2.82. The van der Waals surface area contributed by atoms with Gasteiger partial charge in [0.25, 0.3) is 0 Å². The molecule has 6 heteroatoms. The van der Waals surface area contributed by atoms with Crippen LogP contribution in [-0.4, -0.2) is 26.8 Å². The van der Waals surface area contributed by atoms with E-state index in [0.29, 0.717) is 0 Å². The highest BCUT2D eigenvalue weighted by Crippen LogP contribution is 2.34. The zero-order valence-electron chi connectivity index (χ0n) is 10.5. The van der Waals surface area contributed by atoms with Gasteiger partial charge in [-0.2, -0.15) is 0 Å².